The van der Waals surface area contributed by atoms with Crippen LogP contribution in [0.5, 0.6) is 0 Å². The summed E-state index contributed by atoms with van der Waals surface area (Å²) in [6, 6.07) is 7.23. The van der Waals surface area contributed by atoms with Crippen LogP contribution in [0.1, 0.15) is 46.1 Å². The Morgan fingerprint density at radius 2 is 1.70 bits per heavy atom. The van der Waals surface area contributed by atoms with Gasteiger partial charge in [0.2, 0.25) is 10.0 Å². The van der Waals surface area contributed by atoms with Crippen molar-refractivity contribution in [3.63, 3.8) is 0 Å². The van der Waals surface area contributed by atoms with Crippen LogP contribution in [0, 0.1) is 13.8 Å². The number of piperazine rings is 1. The van der Waals surface area contributed by atoms with Gasteiger partial charge in [-0.1, -0.05) is 19.9 Å². The zero-order valence-corrected chi connectivity index (χ0v) is 17.9. The largest absolute Gasteiger partial charge is 0.335 e. The number of carbonyl (C=O) groups excluding carboxylic acids is 1. The molecule has 0 aliphatic carbocycles. The molecule has 7 heteroatoms. The molecule has 1 saturated heterocycles. The number of hydrogen-bond acceptors (Lipinski definition) is 4. The molecule has 0 atom stereocenters. The molecule has 3 rings (SSSR count). The second kappa shape index (κ2) is 7.73. The molecule has 1 fully saturated rings. The van der Waals surface area contributed by atoms with Crippen molar-refractivity contribution in [1.82, 2.24) is 9.21 Å². The average molecular weight is 407 g/mol. The Balaban J connectivity index is 1.72. The number of aryl methyl sites for hydroxylation is 2. The van der Waals surface area contributed by atoms with Gasteiger partial charge in [0.25, 0.3) is 5.91 Å². The van der Waals surface area contributed by atoms with E-state index in [0.29, 0.717) is 37.0 Å². The number of carbonyl (C=O) groups is 1. The standard InChI is InChI=1S/C20H26N2O3S2/c1-14(2)18-7-12-26-19(18)20(23)21-8-10-22(11-9-21)27(24,25)17-6-5-15(3)16(4)13-17/h5-7,12-14H,8-11H2,1-4H3. The maximum Gasteiger partial charge on any atom is 0.264 e. The first kappa shape index (κ1) is 20.0. The van der Waals surface area contributed by atoms with Gasteiger partial charge in [0.15, 0.2) is 0 Å². The zero-order chi connectivity index (χ0) is 19.8. The Bertz CT molecular complexity index is 940. The monoisotopic (exact) mass is 406 g/mol. The highest BCUT2D eigenvalue weighted by atomic mass is 32.2. The van der Waals surface area contributed by atoms with E-state index in [0.717, 1.165) is 21.6 Å². The summed E-state index contributed by atoms with van der Waals surface area (Å²) in [4.78, 5) is 15.7. The molecule has 0 radical (unpaired) electrons. The van der Waals surface area contributed by atoms with Crippen molar-refractivity contribution >= 4 is 27.3 Å². The number of nitrogens with zero attached hydrogens (tertiary/aromatic N) is 2. The number of sulfonamides is 1. The quantitative estimate of drug-likeness (QED) is 0.779. The van der Waals surface area contributed by atoms with Gasteiger partial charge in [0, 0.05) is 26.2 Å². The van der Waals surface area contributed by atoms with Gasteiger partial charge in [-0.05, 0) is 60.0 Å². The van der Waals surface area contributed by atoms with Crippen molar-refractivity contribution in [2.45, 2.75) is 38.5 Å². The fourth-order valence-electron chi connectivity index (χ4n) is 3.25. The molecule has 27 heavy (non-hydrogen) atoms. The van der Waals surface area contributed by atoms with E-state index >= 15 is 0 Å². The summed E-state index contributed by atoms with van der Waals surface area (Å²) in [5.74, 6) is 0.304. The van der Waals surface area contributed by atoms with Gasteiger partial charge in [0.05, 0.1) is 9.77 Å². The minimum absolute atomic E-state index is 0.0110. The summed E-state index contributed by atoms with van der Waals surface area (Å²) in [5, 5.41) is 1.95. The minimum Gasteiger partial charge on any atom is -0.335 e. The molecular formula is C20H26N2O3S2. The Morgan fingerprint density at radius 3 is 2.30 bits per heavy atom. The van der Waals surface area contributed by atoms with E-state index < -0.39 is 10.0 Å². The zero-order valence-electron chi connectivity index (χ0n) is 16.2. The fourth-order valence-corrected chi connectivity index (χ4v) is 5.77. The number of benzene rings is 1. The molecule has 5 nitrogen and oxygen atoms in total. The van der Waals surface area contributed by atoms with E-state index in [4.69, 9.17) is 0 Å². The second-order valence-electron chi connectivity index (χ2n) is 7.30. The van der Waals surface area contributed by atoms with Crippen LogP contribution >= 0.6 is 11.3 Å². The van der Waals surface area contributed by atoms with Gasteiger partial charge in [-0.15, -0.1) is 11.3 Å². The summed E-state index contributed by atoms with van der Waals surface area (Å²) in [5.41, 5.74) is 3.10. The molecule has 1 aliphatic rings. The molecule has 1 aromatic heterocycles. The van der Waals surface area contributed by atoms with Crippen LogP contribution in [-0.2, 0) is 10.0 Å². The SMILES string of the molecule is Cc1ccc(S(=O)(=O)N2CCN(C(=O)c3sccc3C(C)C)CC2)cc1C. The normalized spacial score (nSPS) is 16.1. The van der Waals surface area contributed by atoms with Gasteiger partial charge < -0.3 is 4.90 Å². The summed E-state index contributed by atoms with van der Waals surface area (Å²) in [6.07, 6.45) is 0. The highest BCUT2D eigenvalue weighted by Gasteiger charge is 2.31. The first-order valence-corrected chi connectivity index (χ1v) is 11.5. The van der Waals surface area contributed by atoms with E-state index in [-0.39, 0.29) is 5.91 Å². The highest BCUT2D eigenvalue weighted by Crippen LogP contribution is 2.27. The van der Waals surface area contributed by atoms with E-state index in [2.05, 4.69) is 13.8 Å². The molecule has 0 saturated carbocycles. The molecule has 1 amide bonds. The molecule has 0 unspecified atom stereocenters. The molecular weight excluding hydrogens is 380 g/mol. The average Bonchev–Trinajstić information content (AvgIpc) is 3.13. The smallest absolute Gasteiger partial charge is 0.264 e. The van der Waals surface area contributed by atoms with Crippen molar-refractivity contribution < 1.29 is 13.2 Å². The van der Waals surface area contributed by atoms with Crippen LogP contribution in [-0.4, -0.2) is 49.7 Å². The van der Waals surface area contributed by atoms with E-state index in [1.165, 1.54) is 15.6 Å². The maximum atomic E-state index is 12.9. The van der Waals surface area contributed by atoms with Crippen molar-refractivity contribution in [3.8, 4) is 0 Å². The minimum atomic E-state index is -3.53. The predicted molar refractivity (Wildman–Crippen MR) is 109 cm³/mol. The second-order valence-corrected chi connectivity index (χ2v) is 10.2. The van der Waals surface area contributed by atoms with Crippen LogP contribution in [0.2, 0.25) is 0 Å². The topological polar surface area (TPSA) is 57.7 Å². The third-order valence-corrected chi connectivity index (χ3v) is 7.97. The molecule has 1 aromatic carbocycles. The number of amides is 1. The summed E-state index contributed by atoms with van der Waals surface area (Å²) in [6.45, 7) is 9.51. The van der Waals surface area contributed by atoms with E-state index in [9.17, 15) is 13.2 Å². The van der Waals surface area contributed by atoms with Crippen LogP contribution in [0.4, 0.5) is 0 Å². The van der Waals surface area contributed by atoms with Gasteiger partial charge in [-0.3, -0.25) is 4.79 Å². The first-order chi connectivity index (χ1) is 12.7. The molecule has 0 bridgehead atoms. The Labute approximate surface area is 165 Å². The molecule has 0 spiro atoms. The molecule has 2 heterocycles. The van der Waals surface area contributed by atoms with Crippen molar-refractivity contribution in [3.05, 3.63) is 51.2 Å². The molecule has 2 aromatic rings. The lowest BCUT2D eigenvalue weighted by atomic mass is 10.0. The van der Waals surface area contributed by atoms with Crippen molar-refractivity contribution in [2.75, 3.05) is 26.2 Å². The van der Waals surface area contributed by atoms with Crippen LogP contribution in [0.3, 0.4) is 0 Å². The van der Waals surface area contributed by atoms with Gasteiger partial charge in [-0.2, -0.15) is 4.31 Å². The van der Waals surface area contributed by atoms with Crippen molar-refractivity contribution in [2.24, 2.45) is 0 Å². The van der Waals surface area contributed by atoms with Crippen LogP contribution in [0.15, 0.2) is 34.5 Å². The predicted octanol–water partition coefficient (Wildman–Crippen LogP) is 3.64. The number of rotatable bonds is 4. The maximum absolute atomic E-state index is 12.9. The lowest BCUT2D eigenvalue weighted by Crippen LogP contribution is -2.50. The third kappa shape index (κ3) is 3.95. The summed E-state index contributed by atoms with van der Waals surface area (Å²) in [7, 11) is -3.53. The Kier molecular flexibility index (Phi) is 5.74. The van der Waals surface area contributed by atoms with Crippen LogP contribution < -0.4 is 0 Å². The molecule has 0 N–H and O–H groups in total. The lowest BCUT2D eigenvalue weighted by molar-refractivity contribution is 0.0701. The summed E-state index contributed by atoms with van der Waals surface area (Å²) >= 11 is 1.46. The highest BCUT2D eigenvalue weighted by molar-refractivity contribution is 7.89. The fraction of sp³-hybridized carbons (Fsp3) is 0.450. The molecule has 1 aliphatic heterocycles. The Morgan fingerprint density at radius 1 is 1.04 bits per heavy atom. The van der Waals surface area contributed by atoms with Gasteiger partial charge in [-0.25, -0.2) is 8.42 Å². The number of hydrogen-bond donors (Lipinski definition) is 0. The molecule has 146 valence electrons. The van der Waals surface area contributed by atoms with E-state index in [1.807, 2.05) is 31.4 Å². The first-order valence-electron chi connectivity index (χ1n) is 9.16. The van der Waals surface area contributed by atoms with Crippen molar-refractivity contribution in [1.29, 1.82) is 0 Å². The summed E-state index contributed by atoms with van der Waals surface area (Å²) < 4.78 is 27.3. The van der Waals surface area contributed by atoms with Gasteiger partial charge in [0.1, 0.15) is 0 Å². The lowest BCUT2D eigenvalue weighted by Gasteiger charge is -2.34. The van der Waals surface area contributed by atoms with Crippen LogP contribution in [0.25, 0.3) is 0 Å². The number of thiophene rings is 1. The third-order valence-electron chi connectivity index (χ3n) is 5.15. The van der Waals surface area contributed by atoms with E-state index in [1.54, 1.807) is 17.0 Å². The Hall–Kier alpha value is -1.70. The van der Waals surface area contributed by atoms with Gasteiger partial charge >= 0.3 is 0 Å².